The predicted molar refractivity (Wildman–Crippen MR) is 204 cm³/mol. The van der Waals surface area contributed by atoms with Gasteiger partial charge in [-0.25, -0.2) is 0 Å². The van der Waals surface area contributed by atoms with E-state index in [1.807, 2.05) is 12.1 Å². The zero-order valence-electron chi connectivity index (χ0n) is 26.8. The van der Waals surface area contributed by atoms with Crippen molar-refractivity contribution in [2.45, 2.75) is 13.8 Å². The Morgan fingerprint density at radius 3 is 1.65 bits per heavy atom. The average Bonchev–Trinajstić information content (AvgIpc) is 3.67. The third kappa shape index (κ3) is 4.49. The minimum atomic E-state index is 0.877. The van der Waals surface area contributed by atoms with Crippen LogP contribution >= 0.6 is 0 Å². The molecule has 0 spiro atoms. The summed E-state index contributed by atoms with van der Waals surface area (Å²) in [7, 11) is 0. The van der Waals surface area contributed by atoms with Crippen LogP contribution in [0.25, 0.3) is 99.8 Å². The highest BCUT2D eigenvalue weighted by atomic mass is 16.3. The lowest BCUT2D eigenvalue weighted by Crippen LogP contribution is -2.27. The molecule has 0 aliphatic rings. The molecule has 0 saturated heterocycles. The van der Waals surface area contributed by atoms with Gasteiger partial charge in [-0.05, 0) is 111 Å². The minimum Gasteiger partial charge on any atom is -0.456 e. The van der Waals surface area contributed by atoms with E-state index in [-0.39, 0.29) is 0 Å². The Labute approximate surface area is 277 Å². The molecule has 7 aromatic carbocycles. The maximum Gasteiger partial charge on any atom is 0.136 e. The first kappa shape index (κ1) is 28.1. The van der Waals surface area contributed by atoms with Gasteiger partial charge in [0.2, 0.25) is 0 Å². The Hall–Kier alpha value is -6.12. The van der Waals surface area contributed by atoms with Crippen molar-refractivity contribution in [3.8, 4) is 22.3 Å². The molecule has 0 radical (unpaired) electrons. The van der Waals surface area contributed by atoms with Gasteiger partial charge in [-0.2, -0.15) is 0 Å². The standard InChI is InChI=1S/C46H32O2/c1-3-33-34(4-2)37(38-20-13-15-29-14-9-10-17-35(29)38)18-8-6-5-7-16-36(33)30-22-23-44-41(24-30)42-26-32-27-45-40(25-31(32)28-46(42)48-44)39-19-11-12-21-43(39)47-45/h3-28H,1-2H3/b7-5?,8-6?,33-3+,34-4+,36-16?,37-18?. The van der Waals surface area contributed by atoms with Gasteiger partial charge in [-0.15, -0.1) is 0 Å². The molecule has 0 atom stereocenters. The molecule has 0 aliphatic heterocycles. The van der Waals surface area contributed by atoms with Crippen molar-refractivity contribution < 1.29 is 8.83 Å². The van der Waals surface area contributed by atoms with Gasteiger partial charge >= 0.3 is 0 Å². The van der Waals surface area contributed by atoms with E-state index in [1.165, 1.54) is 32.3 Å². The molecule has 2 nitrogen and oxygen atoms in total. The zero-order chi connectivity index (χ0) is 32.2. The highest BCUT2D eigenvalue weighted by Gasteiger charge is 2.14. The van der Waals surface area contributed by atoms with Crippen LogP contribution < -0.4 is 10.4 Å². The molecule has 2 aromatic heterocycles. The highest BCUT2D eigenvalue weighted by Crippen LogP contribution is 2.37. The third-order valence-electron chi connectivity index (χ3n) is 9.62. The molecule has 0 amide bonds. The summed E-state index contributed by atoms with van der Waals surface area (Å²) in [6.45, 7) is 4.27. The fourth-order valence-corrected chi connectivity index (χ4v) is 7.38. The topological polar surface area (TPSA) is 26.3 Å². The second kappa shape index (κ2) is 11.3. The van der Waals surface area contributed by atoms with Crippen molar-refractivity contribution in [2.75, 3.05) is 0 Å². The van der Waals surface area contributed by atoms with Gasteiger partial charge in [-0.3, -0.25) is 0 Å². The number of hydrogen-bond acceptors (Lipinski definition) is 2. The summed E-state index contributed by atoms with van der Waals surface area (Å²) in [6, 6.07) is 51.7. The summed E-state index contributed by atoms with van der Waals surface area (Å²) in [5.74, 6) is 0. The van der Waals surface area contributed by atoms with E-state index in [0.29, 0.717) is 0 Å². The third-order valence-corrected chi connectivity index (χ3v) is 9.62. The van der Waals surface area contributed by atoms with Gasteiger partial charge in [0, 0.05) is 21.5 Å². The molecule has 9 aromatic rings. The van der Waals surface area contributed by atoms with Gasteiger partial charge in [0.25, 0.3) is 0 Å². The van der Waals surface area contributed by atoms with Crippen LogP contribution in [0.2, 0.25) is 0 Å². The first-order valence-corrected chi connectivity index (χ1v) is 16.5. The quantitative estimate of drug-likeness (QED) is 0.193. The number of furan rings is 2. The van der Waals surface area contributed by atoms with E-state index >= 15 is 0 Å². The molecule has 2 heteroatoms. The summed E-state index contributed by atoms with van der Waals surface area (Å²) in [5, 5.41) is 11.6. The maximum atomic E-state index is 6.48. The second-order valence-corrected chi connectivity index (χ2v) is 12.3. The molecule has 0 saturated carbocycles. The first-order valence-electron chi connectivity index (χ1n) is 16.5. The maximum absolute atomic E-state index is 6.48. The summed E-state index contributed by atoms with van der Waals surface area (Å²) < 4.78 is 12.7. The van der Waals surface area contributed by atoms with E-state index in [4.69, 9.17) is 8.83 Å². The molecule has 0 unspecified atom stereocenters. The van der Waals surface area contributed by atoms with Gasteiger partial charge in [0.15, 0.2) is 0 Å². The Balaban J connectivity index is 1.30. The normalized spacial score (nSPS) is 12.6. The van der Waals surface area contributed by atoms with Gasteiger partial charge in [0.1, 0.15) is 22.3 Å². The Morgan fingerprint density at radius 2 is 0.896 bits per heavy atom. The van der Waals surface area contributed by atoms with Gasteiger partial charge in [0.05, 0.1) is 0 Å². The van der Waals surface area contributed by atoms with Crippen molar-refractivity contribution in [2.24, 2.45) is 0 Å². The number of rotatable bonds is 2. The summed E-state index contributed by atoms with van der Waals surface area (Å²) in [6.07, 6.45) is 4.48. The molecule has 0 N–H and O–H groups in total. The Morgan fingerprint density at radius 1 is 0.354 bits per heavy atom. The number of hydrogen-bond donors (Lipinski definition) is 0. The number of fused-ring (bicyclic) bond motifs is 8. The van der Waals surface area contributed by atoms with Crippen LogP contribution in [0.4, 0.5) is 0 Å². The molecule has 48 heavy (non-hydrogen) atoms. The second-order valence-electron chi connectivity index (χ2n) is 12.3. The summed E-state index contributed by atoms with van der Waals surface area (Å²) in [5.41, 5.74) is 8.27. The van der Waals surface area contributed by atoms with E-state index in [0.717, 1.165) is 65.8 Å². The molecule has 0 bridgehead atoms. The van der Waals surface area contributed by atoms with Crippen LogP contribution in [0.15, 0.2) is 154 Å². The first-order chi connectivity index (χ1) is 23.7. The minimum absolute atomic E-state index is 0.877. The van der Waals surface area contributed by atoms with Crippen LogP contribution in [0, 0.1) is 0 Å². The van der Waals surface area contributed by atoms with E-state index in [1.54, 1.807) is 0 Å². The molecule has 9 rings (SSSR count). The fraction of sp³-hybridized carbons (Fsp3) is 0.0435. The lowest BCUT2D eigenvalue weighted by Gasteiger charge is -2.09. The Bertz CT molecular complexity index is 2910. The largest absolute Gasteiger partial charge is 0.456 e. The van der Waals surface area contributed by atoms with Crippen LogP contribution in [0.1, 0.15) is 13.8 Å². The average molecular weight is 617 g/mol. The fourth-order valence-electron chi connectivity index (χ4n) is 7.38. The summed E-state index contributed by atoms with van der Waals surface area (Å²) >= 11 is 0. The van der Waals surface area contributed by atoms with Crippen molar-refractivity contribution in [3.05, 3.63) is 156 Å². The lowest BCUT2D eigenvalue weighted by molar-refractivity contribution is 0.668. The lowest BCUT2D eigenvalue weighted by atomic mass is 9.94. The molecule has 2 heterocycles. The number of para-hydroxylation sites is 1. The molecular formula is C46H32O2. The molecule has 228 valence electrons. The molecule has 0 fully saturated rings. The van der Waals surface area contributed by atoms with Crippen molar-refractivity contribution >= 4 is 77.6 Å². The van der Waals surface area contributed by atoms with Crippen molar-refractivity contribution in [1.82, 2.24) is 0 Å². The van der Waals surface area contributed by atoms with Gasteiger partial charge < -0.3 is 8.83 Å². The van der Waals surface area contributed by atoms with Crippen molar-refractivity contribution in [1.29, 1.82) is 0 Å². The Kier molecular flexibility index (Phi) is 6.62. The monoisotopic (exact) mass is 616 g/mol. The predicted octanol–water partition coefficient (Wildman–Crippen LogP) is 11.9. The van der Waals surface area contributed by atoms with Crippen LogP contribution in [0.3, 0.4) is 0 Å². The van der Waals surface area contributed by atoms with Crippen LogP contribution in [-0.2, 0) is 0 Å². The van der Waals surface area contributed by atoms with Crippen LogP contribution in [0.5, 0.6) is 0 Å². The number of benzene rings is 6. The summed E-state index contributed by atoms with van der Waals surface area (Å²) in [4.78, 5) is 0. The van der Waals surface area contributed by atoms with Crippen molar-refractivity contribution in [3.63, 3.8) is 0 Å². The molecular weight excluding hydrogens is 585 g/mol. The van der Waals surface area contributed by atoms with Crippen LogP contribution in [-0.4, -0.2) is 0 Å². The van der Waals surface area contributed by atoms with E-state index in [9.17, 15) is 0 Å². The van der Waals surface area contributed by atoms with Gasteiger partial charge in [-0.1, -0.05) is 115 Å². The smallest absolute Gasteiger partial charge is 0.136 e. The highest BCUT2D eigenvalue weighted by molar-refractivity contribution is 6.15. The zero-order valence-corrected chi connectivity index (χ0v) is 26.8. The molecule has 0 aliphatic carbocycles. The van der Waals surface area contributed by atoms with E-state index in [2.05, 4.69) is 159 Å². The SMILES string of the molecule is C/C=c1/c(-c2ccc3oc4cc5cc6c(cc5cc4c3c2)oc2ccccc26)ccccccc(-c2cccc3ccccc23)/c1=C/C. The van der Waals surface area contributed by atoms with E-state index < -0.39 is 0 Å².